The zero-order valence-corrected chi connectivity index (χ0v) is 8.56. The molecule has 5 nitrogen and oxygen atoms in total. The van der Waals surface area contributed by atoms with Crippen LogP contribution in [0.25, 0.3) is 0 Å². The summed E-state index contributed by atoms with van der Waals surface area (Å²) in [7, 11) is 1.11. The number of carbonyl (C=O) groups excluding carboxylic acids is 1. The number of ether oxygens (including phenoxy) is 1. The summed E-state index contributed by atoms with van der Waals surface area (Å²) < 4.78 is 4.29. The highest BCUT2D eigenvalue weighted by Gasteiger charge is 2.36. The number of hydrogen-bond acceptors (Lipinski definition) is 4. The molecule has 2 N–H and O–H groups in total. The van der Waals surface area contributed by atoms with Crippen LogP contribution in [0, 0.1) is 11.8 Å². The number of esters is 1. The Balaban J connectivity index is 4.65. The van der Waals surface area contributed by atoms with Crippen LogP contribution in [0.4, 0.5) is 0 Å². The summed E-state index contributed by atoms with van der Waals surface area (Å²) in [6.45, 7) is 3.47. The lowest BCUT2D eigenvalue weighted by Gasteiger charge is -2.22. The molecular formula is C9H16O5. The summed E-state index contributed by atoms with van der Waals surface area (Å²) in [6, 6.07) is 0. The van der Waals surface area contributed by atoms with Crippen molar-refractivity contribution in [2.75, 3.05) is 7.11 Å². The van der Waals surface area contributed by atoms with Crippen molar-refractivity contribution in [3.05, 3.63) is 0 Å². The smallest absolute Gasteiger partial charge is 0.335 e. The number of rotatable bonds is 5. The number of aliphatic hydroxyl groups is 1. The lowest BCUT2D eigenvalue weighted by Crippen LogP contribution is -2.39. The molecule has 0 rings (SSSR count). The van der Waals surface area contributed by atoms with Crippen LogP contribution in [0.3, 0.4) is 0 Å². The summed E-state index contributed by atoms with van der Waals surface area (Å²) in [4.78, 5) is 21.7. The minimum Gasteiger partial charge on any atom is -0.481 e. The second-order valence-electron chi connectivity index (χ2n) is 3.22. The van der Waals surface area contributed by atoms with Gasteiger partial charge >= 0.3 is 11.9 Å². The molecule has 0 aliphatic rings. The summed E-state index contributed by atoms with van der Waals surface area (Å²) >= 11 is 0. The predicted octanol–water partition coefficient (Wildman–Crippen LogP) is 0.267. The topological polar surface area (TPSA) is 83.8 Å². The SMILES string of the molecule is CC[C@H](C)[C@H](C(=O)O)[C@@H](O)C(=O)OC. The van der Waals surface area contributed by atoms with Gasteiger partial charge in [0.15, 0.2) is 6.10 Å². The molecule has 0 aromatic heterocycles. The van der Waals surface area contributed by atoms with Crippen molar-refractivity contribution >= 4 is 11.9 Å². The maximum atomic E-state index is 10.9. The largest absolute Gasteiger partial charge is 0.481 e. The molecule has 5 heteroatoms. The van der Waals surface area contributed by atoms with Gasteiger partial charge in [-0.05, 0) is 5.92 Å². The first-order chi connectivity index (χ1) is 6.45. The average molecular weight is 204 g/mol. The quantitative estimate of drug-likeness (QED) is 0.628. The molecule has 82 valence electrons. The third kappa shape index (κ3) is 2.99. The molecule has 0 saturated heterocycles. The van der Waals surface area contributed by atoms with E-state index < -0.39 is 24.0 Å². The molecule has 0 amide bonds. The van der Waals surface area contributed by atoms with Crippen molar-refractivity contribution in [3.8, 4) is 0 Å². The van der Waals surface area contributed by atoms with Gasteiger partial charge in [-0.25, -0.2) is 4.79 Å². The summed E-state index contributed by atoms with van der Waals surface area (Å²) in [6.07, 6.45) is -1.02. The minimum absolute atomic E-state index is 0.276. The summed E-state index contributed by atoms with van der Waals surface area (Å²) in [5.41, 5.74) is 0. The van der Waals surface area contributed by atoms with Gasteiger partial charge in [-0.1, -0.05) is 20.3 Å². The van der Waals surface area contributed by atoms with Gasteiger partial charge < -0.3 is 14.9 Å². The van der Waals surface area contributed by atoms with E-state index in [-0.39, 0.29) is 5.92 Å². The molecule has 0 spiro atoms. The van der Waals surface area contributed by atoms with E-state index in [0.29, 0.717) is 6.42 Å². The Bertz CT molecular complexity index is 213. The van der Waals surface area contributed by atoms with Crippen molar-refractivity contribution in [1.29, 1.82) is 0 Å². The van der Waals surface area contributed by atoms with Crippen molar-refractivity contribution in [2.45, 2.75) is 26.4 Å². The first kappa shape index (κ1) is 12.9. The predicted molar refractivity (Wildman–Crippen MR) is 48.6 cm³/mol. The number of carboxylic acids is 1. The highest BCUT2D eigenvalue weighted by molar-refractivity contribution is 5.82. The molecule has 0 radical (unpaired) electrons. The summed E-state index contributed by atoms with van der Waals surface area (Å²) in [5.74, 6) is -3.47. The Hall–Kier alpha value is -1.10. The molecule has 0 saturated carbocycles. The van der Waals surface area contributed by atoms with Crippen LogP contribution in [0.1, 0.15) is 20.3 Å². The molecule has 0 aliphatic heterocycles. The second kappa shape index (κ2) is 5.59. The van der Waals surface area contributed by atoms with E-state index in [1.54, 1.807) is 13.8 Å². The highest BCUT2D eigenvalue weighted by atomic mass is 16.5. The number of aliphatic hydroxyl groups excluding tert-OH is 1. The molecule has 0 aromatic carbocycles. The van der Waals surface area contributed by atoms with Crippen molar-refractivity contribution in [3.63, 3.8) is 0 Å². The number of carbonyl (C=O) groups is 2. The average Bonchev–Trinajstić information content (AvgIpc) is 2.15. The van der Waals surface area contributed by atoms with Gasteiger partial charge in [0.1, 0.15) is 0 Å². The van der Waals surface area contributed by atoms with Crippen molar-refractivity contribution < 1.29 is 24.5 Å². The molecule has 0 fully saturated rings. The number of carboxylic acid groups (broad SMARTS) is 1. The van der Waals surface area contributed by atoms with Gasteiger partial charge in [-0.3, -0.25) is 4.79 Å². The van der Waals surface area contributed by atoms with Crippen molar-refractivity contribution in [2.24, 2.45) is 11.8 Å². The zero-order chi connectivity index (χ0) is 11.3. The second-order valence-corrected chi connectivity index (χ2v) is 3.22. The Labute approximate surface area is 82.7 Å². The summed E-state index contributed by atoms with van der Waals surface area (Å²) in [5, 5.41) is 18.2. The maximum absolute atomic E-state index is 10.9. The maximum Gasteiger partial charge on any atom is 0.335 e. The van der Waals surface area contributed by atoms with E-state index in [4.69, 9.17) is 5.11 Å². The molecular weight excluding hydrogens is 188 g/mol. The molecule has 3 atom stereocenters. The molecule has 0 unspecified atom stereocenters. The van der Waals surface area contributed by atoms with Crippen LogP contribution in [0.5, 0.6) is 0 Å². The van der Waals surface area contributed by atoms with Gasteiger partial charge in [0.25, 0.3) is 0 Å². The van der Waals surface area contributed by atoms with E-state index in [0.717, 1.165) is 7.11 Å². The third-order valence-corrected chi connectivity index (χ3v) is 2.32. The van der Waals surface area contributed by atoms with Gasteiger partial charge in [0.2, 0.25) is 0 Å². The van der Waals surface area contributed by atoms with Crippen LogP contribution in [0.15, 0.2) is 0 Å². The van der Waals surface area contributed by atoms with Crippen LogP contribution < -0.4 is 0 Å². The standard InChI is InChI=1S/C9H16O5/c1-4-5(2)6(8(11)12)7(10)9(13)14-3/h5-7,10H,4H2,1-3H3,(H,11,12)/t5-,6-,7+/m0/s1. The van der Waals surface area contributed by atoms with Crippen molar-refractivity contribution in [1.82, 2.24) is 0 Å². The van der Waals surface area contributed by atoms with Crippen LogP contribution in [-0.2, 0) is 14.3 Å². The Morgan fingerprint density at radius 2 is 1.93 bits per heavy atom. The van der Waals surface area contributed by atoms with E-state index in [1.165, 1.54) is 0 Å². The van der Waals surface area contributed by atoms with Gasteiger partial charge in [-0.2, -0.15) is 0 Å². The molecule has 0 aromatic rings. The minimum atomic E-state index is -1.59. The van der Waals surface area contributed by atoms with E-state index in [9.17, 15) is 14.7 Å². The fourth-order valence-electron chi connectivity index (χ4n) is 1.21. The Morgan fingerprint density at radius 1 is 1.43 bits per heavy atom. The molecule has 0 heterocycles. The van der Waals surface area contributed by atoms with Crippen LogP contribution in [-0.4, -0.2) is 35.4 Å². The molecule has 0 aliphatic carbocycles. The molecule has 0 bridgehead atoms. The fraction of sp³-hybridized carbons (Fsp3) is 0.778. The number of methoxy groups -OCH3 is 1. The Kier molecular flexibility index (Phi) is 5.15. The van der Waals surface area contributed by atoms with Crippen LogP contribution in [0.2, 0.25) is 0 Å². The van der Waals surface area contributed by atoms with E-state index in [1.807, 2.05) is 0 Å². The number of hydrogen-bond donors (Lipinski definition) is 2. The van der Waals surface area contributed by atoms with E-state index >= 15 is 0 Å². The zero-order valence-electron chi connectivity index (χ0n) is 8.56. The molecule has 14 heavy (non-hydrogen) atoms. The van der Waals surface area contributed by atoms with Gasteiger partial charge in [0, 0.05) is 0 Å². The lowest BCUT2D eigenvalue weighted by atomic mass is 9.87. The van der Waals surface area contributed by atoms with E-state index in [2.05, 4.69) is 4.74 Å². The highest BCUT2D eigenvalue weighted by Crippen LogP contribution is 2.20. The fourth-order valence-corrected chi connectivity index (χ4v) is 1.21. The van der Waals surface area contributed by atoms with Crippen LogP contribution >= 0.6 is 0 Å². The lowest BCUT2D eigenvalue weighted by molar-refractivity contribution is -0.164. The Morgan fingerprint density at radius 3 is 2.21 bits per heavy atom. The normalized spacial score (nSPS) is 16.9. The first-order valence-corrected chi connectivity index (χ1v) is 4.44. The monoisotopic (exact) mass is 204 g/mol. The van der Waals surface area contributed by atoms with Gasteiger partial charge in [0.05, 0.1) is 13.0 Å². The first-order valence-electron chi connectivity index (χ1n) is 4.44. The van der Waals surface area contributed by atoms with Gasteiger partial charge in [-0.15, -0.1) is 0 Å². The number of aliphatic carboxylic acids is 1. The third-order valence-electron chi connectivity index (χ3n) is 2.32.